The Morgan fingerprint density at radius 2 is 1.60 bits per heavy atom. The zero-order chi connectivity index (χ0) is 20.8. The van der Waals surface area contributed by atoms with Gasteiger partial charge < -0.3 is 4.74 Å². The number of hydrogen-bond donors (Lipinski definition) is 0. The summed E-state index contributed by atoms with van der Waals surface area (Å²) >= 11 is 1.40. The predicted octanol–water partition coefficient (Wildman–Crippen LogP) is 5.54. The Bertz CT molecular complexity index is 1080. The number of carbonyl (C=O) groups excluding carboxylic acids is 1. The molecule has 1 heterocycles. The number of amides is 1. The van der Waals surface area contributed by atoms with Crippen molar-refractivity contribution in [2.45, 2.75) is 6.42 Å². The highest BCUT2D eigenvalue weighted by molar-refractivity contribution is 8.18. The van der Waals surface area contributed by atoms with Crippen molar-refractivity contribution in [3.05, 3.63) is 101 Å². The van der Waals surface area contributed by atoms with Gasteiger partial charge in [0, 0.05) is 12.1 Å². The molecule has 0 aromatic heterocycles. The molecule has 1 aliphatic rings. The lowest BCUT2D eigenvalue weighted by Gasteiger charge is -2.15. The summed E-state index contributed by atoms with van der Waals surface area (Å²) in [5.74, 6) is 0.708. The van der Waals surface area contributed by atoms with E-state index in [2.05, 4.69) is 12.1 Å². The van der Waals surface area contributed by atoms with Crippen molar-refractivity contribution in [3.8, 4) is 5.75 Å². The lowest BCUT2D eigenvalue weighted by atomic mass is 10.1. The van der Waals surface area contributed by atoms with E-state index < -0.39 is 0 Å². The zero-order valence-electron chi connectivity index (χ0n) is 16.7. The minimum absolute atomic E-state index is 0.0310. The van der Waals surface area contributed by atoms with Crippen LogP contribution in [0, 0.1) is 0 Å². The van der Waals surface area contributed by atoms with E-state index in [1.807, 2.05) is 78.9 Å². The molecular formula is C25H22N2O2S. The maximum Gasteiger partial charge on any atom is 0.266 e. The average molecular weight is 415 g/mol. The molecule has 1 saturated heterocycles. The third-order valence-electron chi connectivity index (χ3n) is 4.76. The van der Waals surface area contributed by atoms with Gasteiger partial charge in [0.2, 0.25) is 0 Å². The molecule has 0 N–H and O–H groups in total. The molecule has 0 spiro atoms. The highest BCUT2D eigenvalue weighted by atomic mass is 32.2. The molecule has 1 fully saturated rings. The van der Waals surface area contributed by atoms with Crippen molar-refractivity contribution in [3.63, 3.8) is 0 Å². The number of rotatable bonds is 6. The summed E-state index contributed by atoms with van der Waals surface area (Å²) in [5, 5.41) is 0.697. The van der Waals surface area contributed by atoms with E-state index in [-0.39, 0.29) is 5.91 Å². The Kier molecular flexibility index (Phi) is 6.30. The fourth-order valence-corrected chi connectivity index (χ4v) is 4.23. The van der Waals surface area contributed by atoms with E-state index in [9.17, 15) is 4.79 Å². The van der Waals surface area contributed by atoms with Crippen LogP contribution in [0.3, 0.4) is 0 Å². The van der Waals surface area contributed by atoms with E-state index in [1.54, 1.807) is 12.0 Å². The topological polar surface area (TPSA) is 41.9 Å². The Hall–Kier alpha value is -3.31. The van der Waals surface area contributed by atoms with Crippen LogP contribution in [0.15, 0.2) is 94.8 Å². The summed E-state index contributed by atoms with van der Waals surface area (Å²) in [6, 6.07) is 27.6. The molecule has 0 unspecified atom stereocenters. The molecule has 1 amide bonds. The monoisotopic (exact) mass is 414 g/mol. The third-order valence-corrected chi connectivity index (χ3v) is 5.77. The summed E-state index contributed by atoms with van der Waals surface area (Å²) in [7, 11) is 1.63. The van der Waals surface area contributed by atoms with Gasteiger partial charge in [0.15, 0.2) is 5.17 Å². The Balaban J connectivity index is 1.65. The fraction of sp³-hybridized carbons (Fsp3) is 0.120. The lowest BCUT2D eigenvalue weighted by Crippen LogP contribution is -2.31. The second-order valence-corrected chi connectivity index (χ2v) is 7.78. The molecule has 4 nitrogen and oxygen atoms in total. The van der Waals surface area contributed by atoms with Crippen LogP contribution in [0.1, 0.15) is 11.1 Å². The molecule has 150 valence electrons. The molecule has 0 atom stereocenters. The number of carbonyl (C=O) groups is 1. The van der Waals surface area contributed by atoms with Crippen molar-refractivity contribution in [1.29, 1.82) is 0 Å². The van der Waals surface area contributed by atoms with Gasteiger partial charge in [0.25, 0.3) is 5.91 Å². The van der Waals surface area contributed by atoms with Crippen LogP contribution in [0.4, 0.5) is 5.69 Å². The van der Waals surface area contributed by atoms with Gasteiger partial charge >= 0.3 is 0 Å². The largest absolute Gasteiger partial charge is 0.496 e. The van der Waals surface area contributed by atoms with Crippen LogP contribution >= 0.6 is 11.8 Å². The first-order valence-electron chi connectivity index (χ1n) is 9.77. The Morgan fingerprint density at radius 1 is 0.933 bits per heavy atom. The number of aliphatic imine (C=N–C) groups is 1. The van der Waals surface area contributed by atoms with E-state index >= 15 is 0 Å². The average Bonchev–Trinajstić information content (AvgIpc) is 3.08. The summed E-state index contributed by atoms with van der Waals surface area (Å²) in [5.41, 5.74) is 2.90. The van der Waals surface area contributed by atoms with Crippen molar-refractivity contribution in [1.82, 2.24) is 4.90 Å². The molecular weight excluding hydrogens is 392 g/mol. The highest BCUT2D eigenvalue weighted by Gasteiger charge is 2.33. The molecule has 3 aromatic rings. The molecule has 1 aliphatic heterocycles. The predicted molar refractivity (Wildman–Crippen MR) is 124 cm³/mol. The number of para-hydroxylation sites is 2. The van der Waals surface area contributed by atoms with E-state index in [4.69, 9.17) is 9.73 Å². The standard InChI is InChI=1S/C25H22N2O2S/c1-29-22-15-9-8-12-20(22)18-23-24(28)27(17-16-19-10-4-2-5-11-19)25(30-23)26-21-13-6-3-7-14-21/h2-15,18H,16-17H2,1H3/b23-18+,26-25?. The van der Waals surface area contributed by atoms with Gasteiger partial charge in [-0.3, -0.25) is 9.69 Å². The van der Waals surface area contributed by atoms with Crippen LogP contribution in [0.5, 0.6) is 5.75 Å². The Labute approximate surface area is 180 Å². The van der Waals surface area contributed by atoms with E-state index in [0.717, 1.165) is 23.4 Å². The zero-order valence-corrected chi connectivity index (χ0v) is 17.5. The molecule has 4 rings (SSSR count). The SMILES string of the molecule is COc1ccccc1/C=C1/SC(=Nc2ccccc2)N(CCc2ccccc2)C1=O. The third kappa shape index (κ3) is 4.63. The van der Waals surface area contributed by atoms with Gasteiger partial charge in [-0.05, 0) is 48.0 Å². The van der Waals surface area contributed by atoms with E-state index in [0.29, 0.717) is 16.6 Å². The van der Waals surface area contributed by atoms with Crippen LogP contribution in [0.2, 0.25) is 0 Å². The molecule has 0 saturated carbocycles. The number of benzene rings is 3. The second kappa shape index (κ2) is 9.46. The number of nitrogens with zero attached hydrogens (tertiary/aromatic N) is 2. The highest BCUT2D eigenvalue weighted by Crippen LogP contribution is 2.35. The summed E-state index contributed by atoms with van der Waals surface area (Å²) in [6.07, 6.45) is 2.65. The Morgan fingerprint density at radius 3 is 2.33 bits per heavy atom. The van der Waals surface area contributed by atoms with Gasteiger partial charge in [-0.1, -0.05) is 66.7 Å². The first-order chi connectivity index (χ1) is 14.7. The first kappa shape index (κ1) is 20.0. The van der Waals surface area contributed by atoms with Gasteiger partial charge in [-0.2, -0.15) is 0 Å². The van der Waals surface area contributed by atoms with E-state index in [1.165, 1.54) is 17.3 Å². The van der Waals surface area contributed by atoms with Gasteiger partial charge in [-0.15, -0.1) is 0 Å². The van der Waals surface area contributed by atoms with Crippen LogP contribution in [-0.2, 0) is 11.2 Å². The summed E-state index contributed by atoms with van der Waals surface area (Å²) in [4.78, 5) is 20.4. The van der Waals surface area contributed by atoms with Gasteiger partial charge in [0.1, 0.15) is 5.75 Å². The minimum atomic E-state index is -0.0310. The van der Waals surface area contributed by atoms with Crippen LogP contribution < -0.4 is 4.74 Å². The number of amidine groups is 1. The molecule has 30 heavy (non-hydrogen) atoms. The van der Waals surface area contributed by atoms with Crippen molar-refractivity contribution in [2.75, 3.05) is 13.7 Å². The number of ether oxygens (including phenoxy) is 1. The normalized spacial score (nSPS) is 16.4. The maximum atomic E-state index is 13.2. The molecule has 0 radical (unpaired) electrons. The lowest BCUT2D eigenvalue weighted by molar-refractivity contribution is -0.122. The number of thioether (sulfide) groups is 1. The summed E-state index contributed by atoms with van der Waals surface area (Å²) < 4.78 is 5.44. The van der Waals surface area contributed by atoms with Gasteiger partial charge in [-0.25, -0.2) is 4.99 Å². The fourth-order valence-electron chi connectivity index (χ4n) is 3.21. The number of hydrogen-bond acceptors (Lipinski definition) is 4. The van der Waals surface area contributed by atoms with Crippen molar-refractivity contribution >= 4 is 34.6 Å². The molecule has 5 heteroatoms. The smallest absolute Gasteiger partial charge is 0.266 e. The van der Waals surface area contributed by atoms with Gasteiger partial charge in [0.05, 0.1) is 17.7 Å². The molecule has 0 bridgehead atoms. The maximum absolute atomic E-state index is 13.2. The van der Waals surface area contributed by atoms with Crippen LogP contribution in [-0.4, -0.2) is 29.6 Å². The van der Waals surface area contributed by atoms with Crippen molar-refractivity contribution < 1.29 is 9.53 Å². The second-order valence-electron chi connectivity index (χ2n) is 6.77. The molecule has 3 aromatic carbocycles. The van der Waals surface area contributed by atoms with Crippen molar-refractivity contribution in [2.24, 2.45) is 4.99 Å². The van der Waals surface area contributed by atoms with Crippen LogP contribution in [0.25, 0.3) is 6.08 Å². The minimum Gasteiger partial charge on any atom is -0.496 e. The first-order valence-corrected chi connectivity index (χ1v) is 10.6. The quantitative estimate of drug-likeness (QED) is 0.497. The number of methoxy groups -OCH3 is 1. The molecule has 0 aliphatic carbocycles. The summed E-state index contributed by atoms with van der Waals surface area (Å²) in [6.45, 7) is 0.574.